The van der Waals surface area contributed by atoms with Crippen LogP contribution in [0.5, 0.6) is 5.75 Å². The standard InChI is InChI=1S/C20H22N2O3/c1-4-25-17-9-6-15(7-10-17)21-18-12-19(23)22(20(18)24)16-8-5-13(2)14(3)11-16/h5-11,18,21H,4,12H2,1-3H3/t18-/m1/s1. The van der Waals surface area contributed by atoms with E-state index in [0.29, 0.717) is 12.3 Å². The highest BCUT2D eigenvalue weighted by molar-refractivity contribution is 6.23. The zero-order valence-electron chi connectivity index (χ0n) is 14.7. The minimum absolute atomic E-state index is 0.152. The third-order valence-electron chi connectivity index (χ3n) is 4.40. The van der Waals surface area contributed by atoms with Crippen LogP contribution in [-0.4, -0.2) is 24.5 Å². The number of ether oxygens (including phenoxy) is 1. The Balaban J connectivity index is 1.75. The van der Waals surface area contributed by atoms with Crippen molar-refractivity contribution in [2.24, 2.45) is 0 Å². The molecule has 5 heteroatoms. The van der Waals surface area contributed by atoms with E-state index in [-0.39, 0.29) is 18.2 Å². The normalized spacial score (nSPS) is 17.1. The van der Waals surface area contributed by atoms with Crippen LogP contribution in [0.2, 0.25) is 0 Å². The summed E-state index contributed by atoms with van der Waals surface area (Å²) < 4.78 is 5.41. The number of nitrogens with one attached hydrogen (secondary N) is 1. The Morgan fingerprint density at radius 1 is 1.08 bits per heavy atom. The SMILES string of the molecule is CCOc1ccc(N[C@@H]2CC(=O)N(c3ccc(C)c(C)c3)C2=O)cc1. The molecule has 2 amide bonds. The van der Waals surface area contributed by atoms with Crippen molar-refractivity contribution < 1.29 is 14.3 Å². The molecule has 5 nitrogen and oxygen atoms in total. The molecular formula is C20H22N2O3. The predicted octanol–water partition coefficient (Wildman–Crippen LogP) is 3.45. The summed E-state index contributed by atoms with van der Waals surface area (Å²) in [6.45, 7) is 6.51. The van der Waals surface area contributed by atoms with Crippen LogP contribution in [0.25, 0.3) is 0 Å². The van der Waals surface area contributed by atoms with Crippen molar-refractivity contribution in [3.05, 3.63) is 53.6 Å². The molecule has 2 aromatic rings. The monoisotopic (exact) mass is 338 g/mol. The van der Waals surface area contributed by atoms with E-state index in [1.54, 1.807) is 0 Å². The summed E-state index contributed by atoms with van der Waals surface area (Å²) in [5, 5.41) is 3.15. The summed E-state index contributed by atoms with van der Waals surface area (Å²) in [7, 11) is 0. The van der Waals surface area contributed by atoms with Crippen LogP contribution < -0.4 is 15.0 Å². The van der Waals surface area contributed by atoms with E-state index < -0.39 is 6.04 Å². The summed E-state index contributed by atoms with van der Waals surface area (Å²) >= 11 is 0. The number of hydrogen-bond acceptors (Lipinski definition) is 4. The minimum Gasteiger partial charge on any atom is -0.494 e. The second-order valence-electron chi connectivity index (χ2n) is 6.19. The van der Waals surface area contributed by atoms with Crippen molar-refractivity contribution in [3.63, 3.8) is 0 Å². The van der Waals surface area contributed by atoms with E-state index in [1.165, 1.54) is 4.90 Å². The molecule has 1 N–H and O–H groups in total. The maximum Gasteiger partial charge on any atom is 0.256 e. The van der Waals surface area contributed by atoms with Crippen LogP contribution in [0.3, 0.4) is 0 Å². The van der Waals surface area contributed by atoms with Gasteiger partial charge in [0, 0.05) is 5.69 Å². The van der Waals surface area contributed by atoms with E-state index in [4.69, 9.17) is 4.74 Å². The van der Waals surface area contributed by atoms with Crippen molar-refractivity contribution in [1.29, 1.82) is 0 Å². The smallest absolute Gasteiger partial charge is 0.256 e. The van der Waals surface area contributed by atoms with Gasteiger partial charge in [-0.3, -0.25) is 9.59 Å². The average Bonchev–Trinajstić information content (AvgIpc) is 2.86. The van der Waals surface area contributed by atoms with Gasteiger partial charge in [0.05, 0.1) is 18.7 Å². The zero-order valence-corrected chi connectivity index (χ0v) is 14.7. The first-order valence-electron chi connectivity index (χ1n) is 8.43. The van der Waals surface area contributed by atoms with E-state index in [9.17, 15) is 9.59 Å². The van der Waals surface area contributed by atoms with Crippen LogP contribution in [0.15, 0.2) is 42.5 Å². The van der Waals surface area contributed by atoms with Crippen molar-refractivity contribution in [3.8, 4) is 5.75 Å². The van der Waals surface area contributed by atoms with E-state index in [1.807, 2.05) is 63.2 Å². The minimum atomic E-state index is -0.549. The highest BCUT2D eigenvalue weighted by Crippen LogP contribution is 2.27. The largest absolute Gasteiger partial charge is 0.494 e. The molecule has 2 aromatic carbocycles. The fourth-order valence-electron chi connectivity index (χ4n) is 2.90. The van der Waals surface area contributed by atoms with Crippen molar-refractivity contribution in [1.82, 2.24) is 0 Å². The van der Waals surface area contributed by atoms with Crippen molar-refractivity contribution in [2.45, 2.75) is 33.2 Å². The average molecular weight is 338 g/mol. The maximum atomic E-state index is 12.7. The molecule has 25 heavy (non-hydrogen) atoms. The van der Waals surface area contributed by atoms with Gasteiger partial charge in [-0.25, -0.2) is 4.90 Å². The Bertz CT molecular complexity index is 799. The van der Waals surface area contributed by atoms with Gasteiger partial charge < -0.3 is 10.1 Å². The highest BCUT2D eigenvalue weighted by atomic mass is 16.5. The quantitative estimate of drug-likeness (QED) is 0.849. The molecule has 1 heterocycles. The van der Waals surface area contributed by atoms with Crippen LogP contribution in [-0.2, 0) is 9.59 Å². The lowest BCUT2D eigenvalue weighted by atomic mass is 10.1. The third kappa shape index (κ3) is 3.50. The van der Waals surface area contributed by atoms with Crippen molar-refractivity contribution >= 4 is 23.2 Å². The number of carbonyl (C=O) groups is 2. The van der Waals surface area contributed by atoms with Gasteiger partial charge in [0.25, 0.3) is 5.91 Å². The summed E-state index contributed by atoms with van der Waals surface area (Å²) in [5.41, 5.74) is 3.61. The van der Waals surface area contributed by atoms with Gasteiger partial charge in [0.2, 0.25) is 5.91 Å². The Morgan fingerprint density at radius 2 is 1.80 bits per heavy atom. The van der Waals surface area contributed by atoms with Gasteiger partial charge >= 0.3 is 0 Å². The molecule has 1 atom stereocenters. The lowest BCUT2D eigenvalue weighted by molar-refractivity contribution is -0.121. The maximum absolute atomic E-state index is 12.7. The molecule has 0 aromatic heterocycles. The van der Waals surface area contributed by atoms with Gasteiger partial charge in [0.15, 0.2) is 0 Å². The first-order valence-corrected chi connectivity index (χ1v) is 8.43. The van der Waals surface area contributed by atoms with Gasteiger partial charge in [-0.05, 0) is 68.3 Å². The fraction of sp³-hybridized carbons (Fsp3) is 0.300. The molecule has 0 saturated carbocycles. The van der Waals surface area contributed by atoms with Crippen molar-refractivity contribution in [2.75, 3.05) is 16.8 Å². The number of anilines is 2. The number of amides is 2. The van der Waals surface area contributed by atoms with Gasteiger partial charge in [-0.15, -0.1) is 0 Å². The summed E-state index contributed by atoms with van der Waals surface area (Å²) in [6.07, 6.45) is 0.152. The molecule has 1 saturated heterocycles. The third-order valence-corrected chi connectivity index (χ3v) is 4.40. The van der Waals surface area contributed by atoms with E-state index in [2.05, 4.69) is 5.32 Å². The van der Waals surface area contributed by atoms with Crippen LogP contribution in [0.4, 0.5) is 11.4 Å². The fourth-order valence-corrected chi connectivity index (χ4v) is 2.90. The molecule has 1 fully saturated rings. The van der Waals surface area contributed by atoms with E-state index >= 15 is 0 Å². The molecular weight excluding hydrogens is 316 g/mol. The Hall–Kier alpha value is -2.82. The van der Waals surface area contributed by atoms with Gasteiger partial charge in [0.1, 0.15) is 11.8 Å². The summed E-state index contributed by atoms with van der Waals surface area (Å²) in [5.74, 6) is 0.373. The molecule has 130 valence electrons. The lowest BCUT2D eigenvalue weighted by Gasteiger charge is -2.17. The topological polar surface area (TPSA) is 58.6 Å². The lowest BCUT2D eigenvalue weighted by Crippen LogP contribution is -2.34. The molecule has 0 bridgehead atoms. The highest BCUT2D eigenvalue weighted by Gasteiger charge is 2.39. The molecule has 0 aliphatic carbocycles. The number of hydrogen-bond donors (Lipinski definition) is 1. The number of rotatable bonds is 5. The number of benzene rings is 2. The van der Waals surface area contributed by atoms with Crippen LogP contribution in [0.1, 0.15) is 24.5 Å². The Labute approximate surface area is 147 Å². The first kappa shape index (κ1) is 17.0. The van der Waals surface area contributed by atoms with Gasteiger partial charge in [-0.2, -0.15) is 0 Å². The molecule has 0 unspecified atom stereocenters. The summed E-state index contributed by atoms with van der Waals surface area (Å²) in [6, 6.07) is 12.5. The molecule has 1 aliphatic rings. The first-order chi connectivity index (χ1) is 12.0. The van der Waals surface area contributed by atoms with Crippen LogP contribution >= 0.6 is 0 Å². The predicted molar refractivity (Wildman–Crippen MR) is 98.0 cm³/mol. The Kier molecular flexibility index (Phi) is 4.74. The number of nitrogens with zero attached hydrogens (tertiary/aromatic N) is 1. The second-order valence-corrected chi connectivity index (χ2v) is 6.19. The van der Waals surface area contributed by atoms with Crippen LogP contribution in [0, 0.1) is 13.8 Å². The molecule has 1 aliphatic heterocycles. The van der Waals surface area contributed by atoms with Gasteiger partial charge in [-0.1, -0.05) is 6.07 Å². The number of imide groups is 1. The number of carbonyl (C=O) groups excluding carboxylic acids is 2. The molecule has 0 radical (unpaired) electrons. The van der Waals surface area contributed by atoms with E-state index in [0.717, 1.165) is 22.6 Å². The summed E-state index contributed by atoms with van der Waals surface area (Å²) in [4.78, 5) is 26.3. The zero-order chi connectivity index (χ0) is 18.0. The Morgan fingerprint density at radius 3 is 2.44 bits per heavy atom. The molecule has 3 rings (SSSR count). The second kappa shape index (κ2) is 6.97. The molecule has 0 spiro atoms. The number of aryl methyl sites for hydroxylation is 2.